The molecule has 0 spiro atoms. The first-order valence-corrected chi connectivity index (χ1v) is 9.64. The highest BCUT2D eigenvalue weighted by Crippen LogP contribution is 2.40. The van der Waals surface area contributed by atoms with E-state index in [9.17, 15) is 9.59 Å². The zero-order valence-electron chi connectivity index (χ0n) is 15.5. The maximum absolute atomic E-state index is 12.7. The maximum Gasteiger partial charge on any atom is 0.268 e. The van der Waals surface area contributed by atoms with Gasteiger partial charge in [0.25, 0.3) is 5.91 Å². The van der Waals surface area contributed by atoms with Gasteiger partial charge in [0.15, 0.2) is 5.78 Å². The molecule has 0 aliphatic heterocycles. The van der Waals surface area contributed by atoms with E-state index in [1.54, 1.807) is 24.5 Å². The SMILES string of the molecule is Cn1ccnc1C(NC(=O)c1cc(C(=O)Cc2ccccc2Cl)c[nH]1)C1CC1. The van der Waals surface area contributed by atoms with Crippen molar-refractivity contribution in [2.24, 2.45) is 13.0 Å². The Morgan fingerprint density at radius 1 is 1.36 bits per heavy atom. The van der Waals surface area contributed by atoms with Crippen molar-refractivity contribution in [3.63, 3.8) is 0 Å². The smallest absolute Gasteiger partial charge is 0.268 e. The molecule has 4 rings (SSSR count). The van der Waals surface area contributed by atoms with Gasteiger partial charge >= 0.3 is 0 Å². The Morgan fingerprint density at radius 3 is 2.82 bits per heavy atom. The number of nitrogens with one attached hydrogen (secondary N) is 2. The van der Waals surface area contributed by atoms with Crippen LogP contribution in [-0.4, -0.2) is 26.2 Å². The largest absolute Gasteiger partial charge is 0.356 e. The molecule has 6 nitrogen and oxygen atoms in total. The van der Waals surface area contributed by atoms with Crippen LogP contribution in [0.1, 0.15) is 51.1 Å². The number of aromatic nitrogens is 3. The van der Waals surface area contributed by atoms with Crippen molar-refractivity contribution < 1.29 is 9.59 Å². The van der Waals surface area contributed by atoms with Crippen LogP contribution in [0.2, 0.25) is 5.02 Å². The van der Waals surface area contributed by atoms with Crippen molar-refractivity contribution in [2.75, 3.05) is 0 Å². The monoisotopic (exact) mass is 396 g/mol. The number of hydrogen-bond acceptors (Lipinski definition) is 3. The van der Waals surface area contributed by atoms with Gasteiger partial charge in [-0.3, -0.25) is 9.59 Å². The number of ketones is 1. The molecule has 1 fully saturated rings. The van der Waals surface area contributed by atoms with Gasteiger partial charge in [-0.25, -0.2) is 4.98 Å². The third-order valence-corrected chi connectivity index (χ3v) is 5.44. The molecule has 2 heterocycles. The second kappa shape index (κ2) is 7.64. The zero-order chi connectivity index (χ0) is 19.7. The number of aromatic amines is 1. The van der Waals surface area contributed by atoms with E-state index in [-0.39, 0.29) is 24.2 Å². The van der Waals surface area contributed by atoms with E-state index in [4.69, 9.17) is 11.6 Å². The lowest BCUT2D eigenvalue weighted by Gasteiger charge is -2.17. The van der Waals surface area contributed by atoms with Crippen LogP contribution in [0.5, 0.6) is 0 Å². The fourth-order valence-electron chi connectivity index (χ4n) is 3.32. The van der Waals surface area contributed by atoms with Crippen LogP contribution in [0.4, 0.5) is 0 Å². The number of carbonyl (C=O) groups excluding carboxylic acids is 2. The fourth-order valence-corrected chi connectivity index (χ4v) is 3.52. The van der Waals surface area contributed by atoms with Crippen molar-refractivity contribution in [3.8, 4) is 0 Å². The molecular formula is C21H21ClN4O2. The summed E-state index contributed by atoms with van der Waals surface area (Å²) in [4.78, 5) is 32.6. The fraction of sp³-hybridized carbons (Fsp3) is 0.286. The topological polar surface area (TPSA) is 79.8 Å². The van der Waals surface area contributed by atoms with Crippen LogP contribution in [0.25, 0.3) is 0 Å². The highest BCUT2D eigenvalue weighted by molar-refractivity contribution is 6.31. The van der Waals surface area contributed by atoms with Gasteiger partial charge in [-0.1, -0.05) is 29.8 Å². The molecule has 2 N–H and O–H groups in total. The van der Waals surface area contributed by atoms with E-state index in [1.165, 1.54) is 0 Å². The highest BCUT2D eigenvalue weighted by Gasteiger charge is 2.36. The molecule has 1 aliphatic carbocycles. The Kier molecular flexibility index (Phi) is 5.05. The van der Waals surface area contributed by atoms with Gasteiger partial charge in [0.1, 0.15) is 11.5 Å². The Balaban J connectivity index is 1.46. The third-order valence-electron chi connectivity index (χ3n) is 5.08. The minimum Gasteiger partial charge on any atom is -0.356 e. The van der Waals surface area contributed by atoms with Crippen LogP contribution in [0.15, 0.2) is 48.9 Å². The van der Waals surface area contributed by atoms with Crippen LogP contribution in [0, 0.1) is 5.92 Å². The van der Waals surface area contributed by atoms with Crippen molar-refractivity contribution in [2.45, 2.75) is 25.3 Å². The number of benzene rings is 1. The molecule has 1 amide bonds. The molecule has 28 heavy (non-hydrogen) atoms. The average molecular weight is 397 g/mol. The minimum atomic E-state index is -0.239. The summed E-state index contributed by atoms with van der Waals surface area (Å²) in [7, 11) is 1.92. The summed E-state index contributed by atoms with van der Waals surface area (Å²) in [5.41, 5.74) is 1.59. The molecule has 1 aromatic carbocycles. The van der Waals surface area contributed by atoms with Gasteiger partial charge in [0, 0.05) is 42.6 Å². The first-order valence-electron chi connectivity index (χ1n) is 9.26. The quantitative estimate of drug-likeness (QED) is 0.597. The molecule has 1 saturated carbocycles. The van der Waals surface area contributed by atoms with E-state index in [0.29, 0.717) is 22.2 Å². The summed E-state index contributed by atoms with van der Waals surface area (Å²) in [6, 6.07) is 8.73. The van der Waals surface area contributed by atoms with Crippen LogP contribution >= 0.6 is 11.6 Å². The number of halogens is 1. The van der Waals surface area contributed by atoms with Crippen molar-refractivity contribution in [1.82, 2.24) is 19.9 Å². The maximum atomic E-state index is 12.7. The van der Waals surface area contributed by atoms with E-state index in [0.717, 1.165) is 24.2 Å². The Bertz CT molecular complexity index is 1020. The Labute approximate surface area is 167 Å². The number of hydrogen-bond donors (Lipinski definition) is 2. The molecule has 1 atom stereocenters. The van der Waals surface area contributed by atoms with Crippen LogP contribution < -0.4 is 5.32 Å². The minimum absolute atomic E-state index is 0.0914. The van der Waals surface area contributed by atoms with Gasteiger partial charge in [-0.05, 0) is 36.5 Å². The Hall–Kier alpha value is -2.86. The second-order valence-electron chi connectivity index (χ2n) is 7.18. The van der Waals surface area contributed by atoms with E-state index in [2.05, 4.69) is 15.3 Å². The lowest BCUT2D eigenvalue weighted by molar-refractivity contribution is 0.0924. The first kappa shape index (κ1) is 18.5. The summed E-state index contributed by atoms with van der Waals surface area (Å²) in [6.07, 6.45) is 7.51. The highest BCUT2D eigenvalue weighted by atomic mass is 35.5. The number of carbonyl (C=O) groups is 2. The first-order chi connectivity index (χ1) is 13.5. The van der Waals surface area contributed by atoms with Crippen LogP contribution in [-0.2, 0) is 13.5 Å². The number of aryl methyl sites for hydroxylation is 1. The third kappa shape index (κ3) is 3.87. The lowest BCUT2D eigenvalue weighted by Crippen LogP contribution is -2.31. The van der Waals surface area contributed by atoms with E-state index in [1.807, 2.05) is 36.0 Å². The van der Waals surface area contributed by atoms with Gasteiger partial charge in [-0.2, -0.15) is 0 Å². The zero-order valence-corrected chi connectivity index (χ0v) is 16.2. The molecule has 1 unspecified atom stereocenters. The van der Waals surface area contributed by atoms with Crippen molar-refractivity contribution >= 4 is 23.3 Å². The number of rotatable bonds is 7. The van der Waals surface area contributed by atoms with Gasteiger partial charge in [0.05, 0.1) is 6.04 Å². The number of Topliss-reactive ketones (excluding diaryl/α,β-unsaturated/α-hetero) is 1. The number of H-pyrrole nitrogens is 1. The number of imidazole rings is 1. The Morgan fingerprint density at radius 2 is 2.14 bits per heavy atom. The van der Waals surface area contributed by atoms with Crippen molar-refractivity contribution in [1.29, 1.82) is 0 Å². The molecule has 7 heteroatoms. The second-order valence-corrected chi connectivity index (χ2v) is 7.59. The van der Waals surface area contributed by atoms with E-state index >= 15 is 0 Å². The molecule has 0 radical (unpaired) electrons. The summed E-state index contributed by atoms with van der Waals surface area (Å²) >= 11 is 6.13. The molecule has 3 aromatic rings. The lowest BCUT2D eigenvalue weighted by atomic mass is 10.0. The average Bonchev–Trinajstić information content (AvgIpc) is 3.23. The summed E-state index contributed by atoms with van der Waals surface area (Å²) in [5, 5.41) is 3.63. The van der Waals surface area contributed by atoms with Crippen molar-refractivity contribution in [3.05, 3.63) is 76.6 Å². The van der Waals surface area contributed by atoms with Gasteiger partial charge in [0.2, 0.25) is 0 Å². The van der Waals surface area contributed by atoms with Crippen LogP contribution in [0.3, 0.4) is 0 Å². The summed E-state index contributed by atoms with van der Waals surface area (Å²) in [5.74, 6) is 0.918. The number of amides is 1. The number of nitrogens with zero attached hydrogens (tertiary/aromatic N) is 2. The molecular weight excluding hydrogens is 376 g/mol. The molecule has 2 aromatic heterocycles. The molecule has 0 saturated heterocycles. The summed E-state index contributed by atoms with van der Waals surface area (Å²) < 4.78 is 1.93. The molecule has 0 bridgehead atoms. The van der Waals surface area contributed by atoms with Gasteiger partial charge < -0.3 is 14.9 Å². The normalized spacial score (nSPS) is 14.6. The predicted octanol–water partition coefficient (Wildman–Crippen LogP) is 3.71. The predicted molar refractivity (Wildman–Crippen MR) is 106 cm³/mol. The molecule has 144 valence electrons. The van der Waals surface area contributed by atoms with E-state index < -0.39 is 0 Å². The van der Waals surface area contributed by atoms with Gasteiger partial charge in [-0.15, -0.1) is 0 Å². The summed E-state index contributed by atoms with van der Waals surface area (Å²) in [6.45, 7) is 0. The standard InChI is InChI=1S/C21H21ClN4O2/c1-26-9-8-23-20(26)19(13-6-7-13)25-21(28)17-10-15(12-24-17)18(27)11-14-4-2-3-5-16(14)22/h2-5,8-10,12-13,19,24H,6-7,11H2,1H3,(H,25,28). The molecule has 1 aliphatic rings.